The normalized spacial score (nSPS) is 15.9. The van der Waals surface area contributed by atoms with Gasteiger partial charge in [0.1, 0.15) is 12.1 Å². The molecule has 3 heterocycles. The van der Waals surface area contributed by atoms with Gasteiger partial charge in [-0.05, 0) is 55.1 Å². The molecule has 5 heteroatoms. The van der Waals surface area contributed by atoms with Crippen molar-refractivity contribution in [2.45, 2.75) is 25.4 Å². The van der Waals surface area contributed by atoms with Crippen molar-refractivity contribution in [3.05, 3.63) is 95.8 Å². The molecule has 0 aliphatic carbocycles. The predicted molar refractivity (Wildman–Crippen MR) is 125 cm³/mol. The fourth-order valence-electron chi connectivity index (χ4n) is 4.00. The smallest absolute Gasteiger partial charge is 0.249 e. The lowest BCUT2D eigenvalue weighted by atomic mass is 10.2. The highest BCUT2D eigenvalue weighted by molar-refractivity contribution is 5.71. The Morgan fingerprint density at radius 1 is 0.906 bits per heavy atom. The topological polar surface area (TPSA) is 51.1 Å². The Hall–Kier alpha value is -3.75. The molecule has 0 N–H and O–H groups in total. The van der Waals surface area contributed by atoms with Crippen LogP contribution in [0.3, 0.4) is 0 Å². The van der Waals surface area contributed by atoms with Crippen molar-refractivity contribution in [3.8, 4) is 17.7 Å². The highest BCUT2D eigenvalue weighted by Crippen LogP contribution is 2.23. The van der Waals surface area contributed by atoms with Crippen LogP contribution in [0.2, 0.25) is 0 Å². The maximum atomic E-state index is 6.24. The van der Waals surface area contributed by atoms with Gasteiger partial charge in [-0.25, -0.2) is 15.0 Å². The van der Waals surface area contributed by atoms with Crippen LogP contribution in [-0.4, -0.2) is 39.0 Å². The van der Waals surface area contributed by atoms with E-state index in [4.69, 9.17) is 4.74 Å². The van der Waals surface area contributed by atoms with Gasteiger partial charge < -0.3 is 4.74 Å². The number of hydrogen-bond acceptors (Lipinski definition) is 5. The molecule has 4 aromatic rings. The zero-order valence-electron chi connectivity index (χ0n) is 17.8. The summed E-state index contributed by atoms with van der Waals surface area (Å²) in [6.07, 6.45) is 4.00. The van der Waals surface area contributed by atoms with E-state index < -0.39 is 0 Å². The zero-order valence-corrected chi connectivity index (χ0v) is 17.8. The number of rotatable bonds is 5. The van der Waals surface area contributed by atoms with Crippen molar-refractivity contribution in [2.75, 3.05) is 13.2 Å². The lowest BCUT2D eigenvalue weighted by Crippen LogP contribution is -2.34. The molecule has 1 atom stereocenters. The van der Waals surface area contributed by atoms with Crippen LogP contribution in [0.15, 0.2) is 79.0 Å². The zero-order chi connectivity index (χ0) is 21.6. The Morgan fingerprint density at radius 2 is 1.72 bits per heavy atom. The summed E-state index contributed by atoms with van der Waals surface area (Å²) in [5.41, 5.74) is 4.05. The van der Waals surface area contributed by atoms with Crippen LogP contribution < -0.4 is 4.74 Å². The van der Waals surface area contributed by atoms with Crippen molar-refractivity contribution >= 4 is 11.2 Å². The maximum Gasteiger partial charge on any atom is 0.249 e. The summed E-state index contributed by atoms with van der Waals surface area (Å²) in [4.78, 5) is 16.1. The van der Waals surface area contributed by atoms with Crippen molar-refractivity contribution in [1.82, 2.24) is 19.9 Å². The quantitative estimate of drug-likeness (QED) is 0.446. The Bertz CT molecular complexity index is 1250. The lowest BCUT2D eigenvalue weighted by Gasteiger charge is -2.24. The van der Waals surface area contributed by atoms with Crippen LogP contribution >= 0.6 is 0 Å². The SMILES string of the molecule is C(#Cc1nc2ncccc2nc1OC[C@@H]1CCCN1Cc1ccccc1)c1ccccc1. The molecule has 1 aliphatic heterocycles. The summed E-state index contributed by atoms with van der Waals surface area (Å²) in [6.45, 7) is 2.58. The van der Waals surface area contributed by atoms with E-state index in [0.717, 1.165) is 25.1 Å². The van der Waals surface area contributed by atoms with Gasteiger partial charge in [0.25, 0.3) is 0 Å². The highest BCUT2D eigenvalue weighted by Gasteiger charge is 2.25. The van der Waals surface area contributed by atoms with Crippen LogP contribution in [-0.2, 0) is 6.54 Å². The second-order valence-corrected chi connectivity index (χ2v) is 7.90. The van der Waals surface area contributed by atoms with E-state index in [9.17, 15) is 0 Å². The molecule has 0 saturated carbocycles. The summed E-state index contributed by atoms with van der Waals surface area (Å²) >= 11 is 0. The predicted octanol–water partition coefficient (Wildman–Crippen LogP) is 4.47. The Morgan fingerprint density at radius 3 is 2.56 bits per heavy atom. The molecule has 1 fully saturated rings. The largest absolute Gasteiger partial charge is 0.474 e. The molecule has 0 bridgehead atoms. The molecule has 32 heavy (non-hydrogen) atoms. The third-order valence-electron chi connectivity index (χ3n) is 5.65. The Labute approximate surface area is 188 Å². The number of benzene rings is 2. The van der Waals surface area contributed by atoms with Crippen molar-refractivity contribution in [1.29, 1.82) is 0 Å². The number of pyridine rings is 1. The van der Waals surface area contributed by atoms with Crippen LogP contribution in [0, 0.1) is 11.8 Å². The van der Waals surface area contributed by atoms with Crippen LogP contribution in [0.1, 0.15) is 29.7 Å². The second-order valence-electron chi connectivity index (χ2n) is 7.90. The first-order valence-corrected chi connectivity index (χ1v) is 11.0. The molecule has 0 radical (unpaired) electrons. The molecule has 5 nitrogen and oxygen atoms in total. The summed E-state index contributed by atoms with van der Waals surface area (Å²) in [5, 5.41) is 0. The molecule has 158 valence electrons. The standard InChI is InChI=1S/C27H24N4O/c1-3-9-21(10-4-1)15-16-25-27(30-24-14-7-17-28-26(24)29-25)32-20-23-13-8-18-31(23)19-22-11-5-2-6-12-22/h1-7,9-12,14,17,23H,8,13,18-20H2/t23-/m0/s1. The van der Waals surface area contributed by atoms with Gasteiger partial charge in [0.15, 0.2) is 11.3 Å². The van der Waals surface area contributed by atoms with E-state index in [0.29, 0.717) is 35.4 Å². The fraction of sp³-hybridized carbons (Fsp3) is 0.222. The van der Waals surface area contributed by atoms with Crippen LogP contribution in [0.25, 0.3) is 11.2 Å². The number of likely N-dealkylation sites (tertiary alicyclic amines) is 1. The van der Waals surface area contributed by atoms with Gasteiger partial charge >= 0.3 is 0 Å². The first kappa shape index (κ1) is 20.2. The van der Waals surface area contributed by atoms with Crippen molar-refractivity contribution in [3.63, 3.8) is 0 Å². The number of ether oxygens (including phenoxy) is 1. The maximum absolute atomic E-state index is 6.24. The Balaban J connectivity index is 1.37. The number of fused-ring (bicyclic) bond motifs is 1. The van der Waals surface area contributed by atoms with Crippen LogP contribution in [0.5, 0.6) is 5.88 Å². The molecule has 1 saturated heterocycles. The monoisotopic (exact) mass is 420 g/mol. The van der Waals surface area contributed by atoms with Gasteiger partial charge in [-0.3, -0.25) is 4.90 Å². The van der Waals surface area contributed by atoms with Gasteiger partial charge in [0, 0.05) is 24.3 Å². The lowest BCUT2D eigenvalue weighted by molar-refractivity contribution is 0.163. The molecule has 1 aliphatic rings. The molecule has 0 spiro atoms. The average Bonchev–Trinajstić information content (AvgIpc) is 3.29. The van der Waals surface area contributed by atoms with Crippen molar-refractivity contribution in [2.24, 2.45) is 0 Å². The summed E-state index contributed by atoms with van der Waals surface area (Å²) in [5.74, 6) is 6.78. The third kappa shape index (κ3) is 4.77. The molecule has 2 aromatic carbocycles. The fourth-order valence-corrected chi connectivity index (χ4v) is 4.00. The first-order chi connectivity index (χ1) is 15.8. The van der Waals surface area contributed by atoms with Gasteiger partial charge in [-0.2, -0.15) is 0 Å². The van der Waals surface area contributed by atoms with Gasteiger partial charge in [-0.1, -0.05) is 54.5 Å². The van der Waals surface area contributed by atoms with Gasteiger partial charge in [0.2, 0.25) is 5.88 Å². The molecule has 0 unspecified atom stereocenters. The minimum absolute atomic E-state index is 0.344. The number of nitrogens with zero attached hydrogens (tertiary/aromatic N) is 4. The van der Waals surface area contributed by atoms with E-state index in [2.05, 4.69) is 62.0 Å². The Kier molecular flexibility index (Phi) is 6.04. The van der Waals surface area contributed by atoms with E-state index in [1.165, 1.54) is 12.0 Å². The van der Waals surface area contributed by atoms with E-state index in [-0.39, 0.29) is 0 Å². The van der Waals surface area contributed by atoms with Gasteiger partial charge in [-0.15, -0.1) is 0 Å². The summed E-state index contributed by atoms with van der Waals surface area (Å²) in [7, 11) is 0. The molecule has 0 amide bonds. The summed E-state index contributed by atoms with van der Waals surface area (Å²) < 4.78 is 6.24. The second kappa shape index (κ2) is 9.59. The first-order valence-electron chi connectivity index (χ1n) is 11.0. The third-order valence-corrected chi connectivity index (χ3v) is 5.65. The number of aromatic nitrogens is 3. The molecular formula is C27H24N4O. The average molecular weight is 421 g/mol. The van der Waals surface area contributed by atoms with E-state index in [1.807, 2.05) is 42.5 Å². The molecule has 5 rings (SSSR count). The molecular weight excluding hydrogens is 396 g/mol. The highest BCUT2D eigenvalue weighted by atomic mass is 16.5. The minimum atomic E-state index is 0.344. The number of hydrogen-bond donors (Lipinski definition) is 0. The minimum Gasteiger partial charge on any atom is -0.474 e. The van der Waals surface area contributed by atoms with Crippen molar-refractivity contribution < 1.29 is 4.74 Å². The molecule has 2 aromatic heterocycles. The summed E-state index contributed by atoms with van der Waals surface area (Å²) in [6, 6.07) is 24.5. The van der Waals surface area contributed by atoms with Crippen LogP contribution in [0.4, 0.5) is 0 Å². The van der Waals surface area contributed by atoms with E-state index in [1.54, 1.807) is 6.20 Å². The van der Waals surface area contributed by atoms with Gasteiger partial charge in [0.05, 0.1) is 0 Å². The van der Waals surface area contributed by atoms with E-state index >= 15 is 0 Å².